The van der Waals surface area contributed by atoms with Crippen LogP contribution in [0.4, 0.5) is 5.95 Å². The Bertz CT molecular complexity index is 705. The summed E-state index contributed by atoms with van der Waals surface area (Å²) in [5.74, 6) is 0.524. The predicted octanol–water partition coefficient (Wildman–Crippen LogP) is 1.45. The van der Waals surface area contributed by atoms with Crippen LogP contribution in [0.25, 0.3) is 10.9 Å². The van der Waals surface area contributed by atoms with Gasteiger partial charge in [-0.05, 0) is 39.1 Å². The molecule has 1 aliphatic rings. The highest BCUT2D eigenvalue weighted by molar-refractivity contribution is 5.78. The van der Waals surface area contributed by atoms with Crippen molar-refractivity contribution in [2.75, 3.05) is 39.2 Å². The second-order valence-electron chi connectivity index (χ2n) is 6.02. The summed E-state index contributed by atoms with van der Waals surface area (Å²) in [6.07, 6.45) is 1.93. The SMILES string of the molecule is CN(C)C1(CNc2nc3ccccc3c(=O)[nH]2)CCOCC1. The van der Waals surface area contributed by atoms with E-state index in [0.29, 0.717) is 16.9 Å². The van der Waals surface area contributed by atoms with E-state index in [0.717, 1.165) is 32.6 Å². The van der Waals surface area contributed by atoms with Gasteiger partial charge in [0.15, 0.2) is 0 Å². The number of hydrogen-bond acceptors (Lipinski definition) is 5. The Morgan fingerprint density at radius 1 is 1.32 bits per heavy atom. The fourth-order valence-corrected chi connectivity index (χ4v) is 2.95. The van der Waals surface area contributed by atoms with Crippen LogP contribution < -0.4 is 10.9 Å². The largest absolute Gasteiger partial charge is 0.381 e. The molecule has 2 heterocycles. The average molecular weight is 302 g/mol. The first-order valence-electron chi connectivity index (χ1n) is 7.59. The zero-order valence-electron chi connectivity index (χ0n) is 13.1. The van der Waals surface area contributed by atoms with Gasteiger partial charge < -0.3 is 15.0 Å². The summed E-state index contributed by atoms with van der Waals surface area (Å²) in [5, 5.41) is 3.92. The Kier molecular flexibility index (Phi) is 4.13. The Labute approximate surface area is 129 Å². The molecule has 2 N–H and O–H groups in total. The quantitative estimate of drug-likeness (QED) is 0.894. The Morgan fingerprint density at radius 3 is 2.77 bits per heavy atom. The van der Waals surface area contributed by atoms with Crippen LogP contribution in [-0.4, -0.2) is 54.3 Å². The minimum atomic E-state index is -0.112. The number of rotatable bonds is 4. The molecule has 6 nitrogen and oxygen atoms in total. The van der Waals surface area contributed by atoms with Crippen LogP contribution in [0.5, 0.6) is 0 Å². The zero-order chi connectivity index (χ0) is 15.6. The van der Waals surface area contributed by atoms with Crippen molar-refractivity contribution in [1.82, 2.24) is 14.9 Å². The van der Waals surface area contributed by atoms with Gasteiger partial charge in [-0.2, -0.15) is 0 Å². The van der Waals surface area contributed by atoms with Crippen LogP contribution in [-0.2, 0) is 4.74 Å². The van der Waals surface area contributed by atoms with Crippen molar-refractivity contribution < 1.29 is 4.74 Å². The number of benzene rings is 1. The number of fused-ring (bicyclic) bond motifs is 1. The molecule has 0 spiro atoms. The molecule has 3 rings (SSSR count). The lowest BCUT2D eigenvalue weighted by atomic mass is 9.88. The molecule has 0 amide bonds. The first kappa shape index (κ1) is 15.0. The Morgan fingerprint density at radius 2 is 2.05 bits per heavy atom. The van der Waals surface area contributed by atoms with Gasteiger partial charge in [-0.25, -0.2) is 4.98 Å². The summed E-state index contributed by atoms with van der Waals surface area (Å²) in [7, 11) is 4.17. The van der Waals surface area contributed by atoms with Gasteiger partial charge in [0.05, 0.1) is 10.9 Å². The first-order valence-corrected chi connectivity index (χ1v) is 7.59. The highest BCUT2D eigenvalue weighted by atomic mass is 16.5. The minimum absolute atomic E-state index is 0.0302. The van der Waals surface area contributed by atoms with Gasteiger partial charge in [0.2, 0.25) is 5.95 Å². The molecule has 0 atom stereocenters. The van der Waals surface area contributed by atoms with Crippen LogP contribution in [0.15, 0.2) is 29.1 Å². The molecule has 1 fully saturated rings. The van der Waals surface area contributed by atoms with Gasteiger partial charge in [0.25, 0.3) is 5.56 Å². The summed E-state index contributed by atoms with van der Waals surface area (Å²) in [6.45, 7) is 2.26. The van der Waals surface area contributed by atoms with Gasteiger partial charge in [0, 0.05) is 25.3 Å². The number of nitrogens with one attached hydrogen (secondary N) is 2. The summed E-state index contributed by atoms with van der Waals surface area (Å²) in [5.41, 5.74) is 0.626. The molecular formula is C16H22N4O2. The van der Waals surface area contributed by atoms with Crippen molar-refractivity contribution in [3.05, 3.63) is 34.6 Å². The van der Waals surface area contributed by atoms with Crippen LogP contribution in [0.2, 0.25) is 0 Å². The third-order valence-corrected chi connectivity index (χ3v) is 4.57. The number of hydrogen-bond donors (Lipinski definition) is 2. The van der Waals surface area contributed by atoms with E-state index in [1.807, 2.05) is 18.2 Å². The summed E-state index contributed by atoms with van der Waals surface area (Å²) >= 11 is 0. The van der Waals surface area contributed by atoms with E-state index in [9.17, 15) is 4.79 Å². The maximum Gasteiger partial charge on any atom is 0.260 e. The van der Waals surface area contributed by atoms with E-state index >= 15 is 0 Å². The molecule has 0 saturated carbocycles. The van der Waals surface area contributed by atoms with Crippen LogP contribution >= 0.6 is 0 Å². The Hall–Kier alpha value is -1.92. The second kappa shape index (κ2) is 6.06. The van der Waals surface area contributed by atoms with Crippen LogP contribution in [0.1, 0.15) is 12.8 Å². The van der Waals surface area contributed by atoms with E-state index in [2.05, 4.69) is 34.3 Å². The maximum absolute atomic E-state index is 12.1. The zero-order valence-corrected chi connectivity index (χ0v) is 13.1. The Balaban J connectivity index is 1.82. The van der Waals surface area contributed by atoms with Gasteiger partial charge in [-0.3, -0.25) is 9.78 Å². The molecule has 0 aliphatic carbocycles. The molecule has 1 aromatic carbocycles. The number of anilines is 1. The van der Waals surface area contributed by atoms with Gasteiger partial charge in [-0.15, -0.1) is 0 Å². The molecule has 118 valence electrons. The van der Waals surface area contributed by atoms with E-state index in [1.54, 1.807) is 6.07 Å². The predicted molar refractivity (Wildman–Crippen MR) is 87.3 cm³/mol. The normalized spacial score (nSPS) is 17.8. The fraction of sp³-hybridized carbons (Fsp3) is 0.500. The smallest absolute Gasteiger partial charge is 0.260 e. The van der Waals surface area contributed by atoms with Crippen molar-refractivity contribution in [3.63, 3.8) is 0 Å². The number of likely N-dealkylation sites (N-methyl/N-ethyl adjacent to an activating group) is 1. The van der Waals surface area contributed by atoms with Crippen LogP contribution in [0, 0.1) is 0 Å². The monoisotopic (exact) mass is 302 g/mol. The topological polar surface area (TPSA) is 70.2 Å². The van der Waals surface area contributed by atoms with Crippen LogP contribution in [0.3, 0.4) is 0 Å². The van der Waals surface area contributed by atoms with Crippen molar-refractivity contribution in [1.29, 1.82) is 0 Å². The molecular weight excluding hydrogens is 280 g/mol. The highest BCUT2D eigenvalue weighted by Crippen LogP contribution is 2.26. The van der Waals surface area contributed by atoms with E-state index in [-0.39, 0.29) is 11.1 Å². The average Bonchev–Trinajstić information content (AvgIpc) is 2.54. The van der Waals surface area contributed by atoms with Crippen molar-refractivity contribution >= 4 is 16.9 Å². The summed E-state index contributed by atoms with van der Waals surface area (Å²) < 4.78 is 5.48. The minimum Gasteiger partial charge on any atom is -0.381 e. The van der Waals surface area contributed by atoms with E-state index in [1.165, 1.54) is 0 Å². The third-order valence-electron chi connectivity index (χ3n) is 4.57. The molecule has 1 aromatic heterocycles. The molecule has 0 bridgehead atoms. The number of ether oxygens (including phenoxy) is 1. The van der Waals surface area contributed by atoms with Gasteiger partial charge in [-0.1, -0.05) is 12.1 Å². The highest BCUT2D eigenvalue weighted by Gasteiger charge is 2.34. The number of para-hydroxylation sites is 1. The fourth-order valence-electron chi connectivity index (χ4n) is 2.95. The van der Waals surface area contributed by atoms with E-state index < -0.39 is 0 Å². The molecule has 2 aromatic rings. The standard InChI is InChI=1S/C16H22N4O2/c1-20(2)16(7-9-22-10-8-16)11-17-15-18-13-6-4-3-5-12(13)14(21)19-15/h3-6H,7-11H2,1-2H3,(H2,17,18,19,21). The van der Waals surface area contributed by atoms with Crippen molar-refractivity contribution in [2.45, 2.75) is 18.4 Å². The number of aromatic nitrogens is 2. The van der Waals surface area contributed by atoms with Crippen molar-refractivity contribution in [2.24, 2.45) is 0 Å². The van der Waals surface area contributed by atoms with E-state index in [4.69, 9.17) is 4.74 Å². The van der Waals surface area contributed by atoms with Gasteiger partial charge in [0.1, 0.15) is 0 Å². The molecule has 1 aliphatic heterocycles. The lowest BCUT2D eigenvalue weighted by Gasteiger charge is -2.42. The third kappa shape index (κ3) is 2.84. The lowest BCUT2D eigenvalue weighted by molar-refractivity contribution is -0.000702. The molecule has 6 heteroatoms. The molecule has 22 heavy (non-hydrogen) atoms. The maximum atomic E-state index is 12.1. The molecule has 0 radical (unpaired) electrons. The van der Waals surface area contributed by atoms with Gasteiger partial charge >= 0.3 is 0 Å². The summed E-state index contributed by atoms with van der Waals surface area (Å²) in [6, 6.07) is 7.37. The molecule has 1 saturated heterocycles. The first-order chi connectivity index (χ1) is 10.6. The number of nitrogens with zero attached hydrogens (tertiary/aromatic N) is 2. The molecule has 0 unspecified atom stereocenters. The summed E-state index contributed by atoms with van der Waals surface area (Å²) in [4.78, 5) is 21.6. The number of H-pyrrole nitrogens is 1. The lowest BCUT2D eigenvalue weighted by Crippen LogP contribution is -2.53. The second-order valence-corrected chi connectivity index (χ2v) is 6.02. The van der Waals surface area contributed by atoms with Crippen molar-refractivity contribution in [3.8, 4) is 0 Å². The number of aromatic amines is 1.